The first-order valence-electron chi connectivity index (χ1n) is 16.0. The predicted octanol–water partition coefficient (Wildman–Crippen LogP) is 5.75. The number of ether oxygens (including phenoxy) is 3. The molecule has 11 nitrogen and oxygen atoms in total. The summed E-state index contributed by atoms with van der Waals surface area (Å²) >= 11 is 0. The molecule has 248 valence electrons. The van der Waals surface area contributed by atoms with Crippen LogP contribution >= 0.6 is 0 Å². The number of hydrogen-bond acceptors (Lipinski definition) is 8. The summed E-state index contributed by atoms with van der Waals surface area (Å²) in [5, 5.41) is 6.63. The van der Waals surface area contributed by atoms with Crippen molar-refractivity contribution in [2.75, 3.05) is 32.9 Å². The number of alkyl carbamates (subject to hydrolysis) is 1. The van der Waals surface area contributed by atoms with Crippen molar-refractivity contribution >= 4 is 28.9 Å². The molecule has 1 atom stereocenters. The molecule has 0 aliphatic carbocycles. The van der Waals surface area contributed by atoms with Crippen molar-refractivity contribution in [3.05, 3.63) is 88.9 Å². The molecule has 3 N–H and O–H groups in total. The molecule has 1 aliphatic heterocycles. The minimum atomic E-state index is -0.582. The second-order valence-electron chi connectivity index (χ2n) is 12.5. The number of aromatic nitrogens is 2. The second kappa shape index (κ2) is 14.8. The Labute approximate surface area is 275 Å². The van der Waals surface area contributed by atoms with Gasteiger partial charge in [-0.1, -0.05) is 36.4 Å². The molecule has 1 aliphatic rings. The van der Waals surface area contributed by atoms with Gasteiger partial charge >= 0.3 is 12.1 Å². The standard InChI is InChI=1S/C36H43N5O6/c1-6-46-34(43)32-30(26-14-15-27(37-21-26)22-41-16-18-45-19-17-41)29-9-7-8-28(31(29)40-32)23(2)39-33(42)25-12-10-24(11-13-25)20-38-35(44)47-36(3,4)5/h7-15,21,23,40H,6,16-20,22H2,1-5H3,(H,38,44)(H,39,42). The van der Waals surface area contributed by atoms with Gasteiger partial charge in [-0.25, -0.2) is 9.59 Å². The Bertz CT molecular complexity index is 1700. The third-order valence-electron chi connectivity index (χ3n) is 7.81. The van der Waals surface area contributed by atoms with Crippen molar-refractivity contribution in [2.45, 2.75) is 59.4 Å². The summed E-state index contributed by atoms with van der Waals surface area (Å²) in [7, 11) is 0. The van der Waals surface area contributed by atoms with Gasteiger partial charge in [0.1, 0.15) is 11.3 Å². The lowest BCUT2D eigenvalue weighted by atomic mass is 9.99. The number of para-hydroxylation sites is 1. The molecule has 2 aromatic carbocycles. The number of amides is 2. The smallest absolute Gasteiger partial charge is 0.407 e. The van der Waals surface area contributed by atoms with Gasteiger partial charge in [0, 0.05) is 54.5 Å². The quantitative estimate of drug-likeness (QED) is 0.186. The van der Waals surface area contributed by atoms with E-state index in [0.29, 0.717) is 16.8 Å². The molecule has 47 heavy (non-hydrogen) atoms. The van der Waals surface area contributed by atoms with Gasteiger partial charge in [-0.15, -0.1) is 0 Å². The van der Waals surface area contributed by atoms with Crippen LogP contribution in [0.4, 0.5) is 4.79 Å². The molecule has 1 saturated heterocycles. The lowest BCUT2D eigenvalue weighted by Crippen LogP contribution is -2.35. The highest BCUT2D eigenvalue weighted by Crippen LogP contribution is 2.36. The summed E-state index contributed by atoms with van der Waals surface area (Å²) in [6.07, 6.45) is 1.30. The average molecular weight is 642 g/mol. The number of pyridine rings is 1. The number of nitrogens with zero attached hydrogens (tertiary/aromatic N) is 2. The maximum absolute atomic E-state index is 13.3. The number of H-pyrrole nitrogens is 1. The van der Waals surface area contributed by atoms with Gasteiger partial charge < -0.3 is 29.8 Å². The Kier molecular flexibility index (Phi) is 10.6. The van der Waals surface area contributed by atoms with Crippen LogP contribution in [0.5, 0.6) is 0 Å². The van der Waals surface area contributed by atoms with Crippen LogP contribution in [0.2, 0.25) is 0 Å². The highest BCUT2D eigenvalue weighted by molar-refractivity contribution is 6.09. The second-order valence-corrected chi connectivity index (χ2v) is 12.5. The van der Waals surface area contributed by atoms with Gasteiger partial charge in [0.2, 0.25) is 0 Å². The Morgan fingerprint density at radius 2 is 1.79 bits per heavy atom. The fourth-order valence-corrected chi connectivity index (χ4v) is 5.53. The van der Waals surface area contributed by atoms with E-state index in [1.165, 1.54) is 0 Å². The highest BCUT2D eigenvalue weighted by Gasteiger charge is 2.24. The number of carbonyl (C=O) groups excluding carboxylic acids is 3. The van der Waals surface area contributed by atoms with Crippen molar-refractivity contribution < 1.29 is 28.6 Å². The molecule has 0 radical (unpaired) electrons. The van der Waals surface area contributed by atoms with Crippen molar-refractivity contribution in [3.63, 3.8) is 0 Å². The molecule has 4 aromatic rings. The van der Waals surface area contributed by atoms with Crippen LogP contribution in [0.15, 0.2) is 60.8 Å². The summed E-state index contributed by atoms with van der Waals surface area (Å²) in [5.74, 6) is -0.710. The molecule has 0 saturated carbocycles. The van der Waals surface area contributed by atoms with Crippen LogP contribution < -0.4 is 10.6 Å². The van der Waals surface area contributed by atoms with Crippen LogP contribution in [0.3, 0.4) is 0 Å². The number of benzene rings is 2. The molecule has 2 amide bonds. The normalized spacial score (nSPS) is 14.4. The number of carbonyl (C=O) groups is 3. The zero-order valence-corrected chi connectivity index (χ0v) is 27.6. The molecule has 1 fully saturated rings. The van der Waals surface area contributed by atoms with Gasteiger partial charge in [-0.3, -0.25) is 14.7 Å². The number of nitrogens with one attached hydrogen (secondary N) is 3. The van der Waals surface area contributed by atoms with Gasteiger partial charge in [0.25, 0.3) is 5.91 Å². The number of hydrogen-bond donors (Lipinski definition) is 3. The Morgan fingerprint density at radius 1 is 1.04 bits per heavy atom. The minimum absolute atomic E-state index is 0.236. The number of rotatable bonds is 10. The zero-order chi connectivity index (χ0) is 33.6. The molecule has 5 rings (SSSR count). The Morgan fingerprint density at radius 3 is 2.45 bits per heavy atom. The van der Waals surface area contributed by atoms with E-state index in [9.17, 15) is 14.4 Å². The number of fused-ring (bicyclic) bond motifs is 1. The molecule has 11 heteroatoms. The van der Waals surface area contributed by atoms with E-state index >= 15 is 0 Å². The third-order valence-corrected chi connectivity index (χ3v) is 7.81. The number of esters is 1. The number of aromatic amines is 1. The van der Waals surface area contributed by atoms with Gasteiger partial charge in [0.15, 0.2) is 0 Å². The van der Waals surface area contributed by atoms with Gasteiger partial charge in [0.05, 0.1) is 37.1 Å². The Balaban J connectivity index is 1.34. The third kappa shape index (κ3) is 8.55. The molecule has 0 bridgehead atoms. The van der Waals surface area contributed by atoms with Crippen molar-refractivity contribution in [1.29, 1.82) is 0 Å². The molecule has 3 heterocycles. The Hall–Kier alpha value is -4.74. The van der Waals surface area contributed by atoms with Crippen LogP contribution in [-0.4, -0.2) is 71.3 Å². The van der Waals surface area contributed by atoms with E-state index in [0.717, 1.165) is 66.1 Å². The van der Waals surface area contributed by atoms with Gasteiger partial charge in [-0.05, 0) is 63.9 Å². The monoisotopic (exact) mass is 641 g/mol. The topological polar surface area (TPSA) is 135 Å². The van der Waals surface area contributed by atoms with Crippen molar-refractivity contribution in [2.24, 2.45) is 0 Å². The van der Waals surface area contributed by atoms with E-state index in [2.05, 4.69) is 20.5 Å². The molecular formula is C36H43N5O6. The fourth-order valence-electron chi connectivity index (χ4n) is 5.53. The highest BCUT2D eigenvalue weighted by atomic mass is 16.6. The van der Waals surface area contributed by atoms with Crippen LogP contribution in [0.1, 0.15) is 78.3 Å². The summed E-state index contributed by atoms with van der Waals surface area (Å²) in [4.78, 5) is 48.7. The van der Waals surface area contributed by atoms with Crippen molar-refractivity contribution in [1.82, 2.24) is 25.5 Å². The summed E-state index contributed by atoms with van der Waals surface area (Å²) in [6.45, 7) is 13.5. The van der Waals surface area contributed by atoms with E-state index < -0.39 is 23.7 Å². The van der Waals surface area contributed by atoms with Gasteiger partial charge in [-0.2, -0.15) is 0 Å². The van der Waals surface area contributed by atoms with Crippen LogP contribution in [-0.2, 0) is 27.3 Å². The zero-order valence-electron chi connectivity index (χ0n) is 27.6. The number of morpholine rings is 1. The van der Waals surface area contributed by atoms with Crippen LogP contribution in [0.25, 0.3) is 22.0 Å². The maximum atomic E-state index is 13.3. The predicted molar refractivity (Wildman–Crippen MR) is 179 cm³/mol. The summed E-state index contributed by atoms with van der Waals surface area (Å²) in [5.41, 5.74) is 5.07. The molecular weight excluding hydrogens is 598 g/mol. The molecule has 2 aromatic heterocycles. The van der Waals surface area contributed by atoms with E-state index in [1.54, 1.807) is 58.2 Å². The van der Waals surface area contributed by atoms with E-state index in [1.807, 2.05) is 37.3 Å². The van der Waals surface area contributed by atoms with E-state index in [-0.39, 0.29) is 19.1 Å². The maximum Gasteiger partial charge on any atom is 0.407 e. The largest absolute Gasteiger partial charge is 0.461 e. The first-order chi connectivity index (χ1) is 22.5. The molecule has 0 spiro atoms. The average Bonchev–Trinajstić information content (AvgIpc) is 3.44. The van der Waals surface area contributed by atoms with Crippen LogP contribution in [0, 0.1) is 0 Å². The first-order valence-corrected chi connectivity index (χ1v) is 16.0. The summed E-state index contributed by atoms with van der Waals surface area (Å²) < 4.78 is 16.1. The lowest BCUT2D eigenvalue weighted by Gasteiger charge is -2.26. The minimum Gasteiger partial charge on any atom is -0.461 e. The molecule has 1 unspecified atom stereocenters. The van der Waals surface area contributed by atoms with Crippen molar-refractivity contribution in [3.8, 4) is 11.1 Å². The SMILES string of the molecule is CCOC(=O)c1[nH]c2c(C(C)NC(=O)c3ccc(CNC(=O)OC(C)(C)C)cc3)cccc2c1-c1ccc(CN2CCOCC2)nc1. The van der Waals surface area contributed by atoms with E-state index in [4.69, 9.17) is 19.2 Å². The first kappa shape index (κ1) is 33.6. The fraction of sp³-hybridized carbons (Fsp3) is 0.389. The lowest BCUT2D eigenvalue weighted by molar-refractivity contribution is 0.0336. The summed E-state index contributed by atoms with van der Waals surface area (Å²) in [6, 6.07) is 16.4.